The van der Waals surface area contributed by atoms with Crippen molar-refractivity contribution in [1.29, 1.82) is 0 Å². The summed E-state index contributed by atoms with van der Waals surface area (Å²) in [7, 11) is 0. The highest BCUT2D eigenvalue weighted by Crippen LogP contribution is 2.44. The fourth-order valence-electron chi connectivity index (χ4n) is 11.3. The highest BCUT2D eigenvalue weighted by molar-refractivity contribution is 6.28. The van der Waals surface area contributed by atoms with E-state index in [1.807, 2.05) is 18.2 Å². The smallest absolute Gasteiger partial charge is 0.238 e. The molecule has 69 heavy (non-hydrogen) atoms. The van der Waals surface area contributed by atoms with Gasteiger partial charge in [-0.2, -0.15) is 9.97 Å². The standard InChI is InChI=1S/C63H38N6/c1-3-17-39(18-4-1)61-64-62(40-31-35-57-53(37-40)49-26-12-14-28-54(49)67(57)41-19-5-2-6-20-41)66-63(65-61)69-56-30-16-13-27-51(56)59-58(69)36-34-50-48-25-11-15-29-55(48)68(60(50)59)42-32-33-47-45-23-8-7-21-43(45)44-22-9-10-24-46(44)52(47)38-42/h1-38H. The number of hydrogen-bond donors (Lipinski definition) is 0. The summed E-state index contributed by atoms with van der Waals surface area (Å²) < 4.78 is 7.05. The number of fused-ring (bicyclic) bond motifs is 16. The Morgan fingerprint density at radius 3 is 1.41 bits per heavy atom. The lowest BCUT2D eigenvalue weighted by atomic mass is 9.94. The van der Waals surface area contributed by atoms with Crippen molar-refractivity contribution in [3.05, 3.63) is 231 Å². The summed E-state index contributed by atoms with van der Waals surface area (Å²) in [5.74, 6) is 1.77. The first-order chi connectivity index (χ1) is 34.2. The lowest BCUT2D eigenvalue weighted by molar-refractivity contribution is 0.954. The molecule has 0 bridgehead atoms. The molecule has 11 aromatic carbocycles. The van der Waals surface area contributed by atoms with Crippen molar-refractivity contribution in [3.8, 4) is 40.1 Å². The highest BCUT2D eigenvalue weighted by Gasteiger charge is 2.24. The molecule has 0 fully saturated rings. The summed E-state index contributed by atoms with van der Waals surface area (Å²) in [4.78, 5) is 16.0. The van der Waals surface area contributed by atoms with Gasteiger partial charge in [-0.05, 0) is 99.0 Å². The van der Waals surface area contributed by atoms with Crippen molar-refractivity contribution in [1.82, 2.24) is 28.7 Å². The van der Waals surface area contributed by atoms with E-state index in [2.05, 4.69) is 226 Å². The van der Waals surface area contributed by atoms with Gasteiger partial charge in [-0.3, -0.25) is 4.57 Å². The molecule has 0 amide bonds. The molecule has 0 aliphatic rings. The van der Waals surface area contributed by atoms with E-state index in [0.29, 0.717) is 17.6 Å². The first-order valence-electron chi connectivity index (χ1n) is 23.4. The summed E-state index contributed by atoms with van der Waals surface area (Å²) in [6, 6.07) is 82.7. The van der Waals surface area contributed by atoms with Gasteiger partial charge >= 0.3 is 0 Å². The average molecular weight is 879 g/mol. The van der Waals surface area contributed by atoms with E-state index < -0.39 is 0 Å². The van der Waals surface area contributed by atoms with Gasteiger partial charge in [-0.15, -0.1) is 0 Å². The molecule has 0 saturated carbocycles. The maximum Gasteiger partial charge on any atom is 0.238 e. The summed E-state index contributed by atoms with van der Waals surface area (Å²) in [6.45, 7) is 0. The molecule has 320 valence electrons. The molecule has 0 saturated heterocycles. The van der Waals surface area contributed by atoms with Crippen LogP contribution in [0, 0.1) is 0 Å². The van der Waals surface area contributed by atoms with E-state index >= 15 is 0 Å². The van der Waals surface area contributed by atoms with Crippen LogP contribution in [-0.2, 0) is 0 Å². The molecule has 15 rings (SSSR count). The molecule has 0 aliphatic carbocycles. The van der Waals surface area contributed by atoms with Crippen LogP contribution in [-0.4, -0.2) is 28.7 Å². The normalized spacial score (nSPS) is 12.1. The molecule has 6 nitrogen and oxygen atoms in total. The molecule has 0 N–H and O–H groups in total. The van der Waals surface area contributed by atoms with Gasteiger partial charge in [0.1, 0.15) is 0 Å². The van der Waals surface area contributed by atoms with Crippen LogP contribution in [0.5, 0.6) is 0 Å². The Balaban J connectivity index is 1.00. The minimum atomic E-state index is 0.558. The molecule has 6 heteroatoms. The van der Waals surface area contributed by atoms with Crippen LogP contribution in [0.25, 0.3) is 138 Å². The summed E-state index contributed by atoms with van der Waals surface area (Å²) in [5.41, 5.74) is 10.7. The van der Waals surface area contributed by atoms with E-state index in [1.165, 1.54) is 48.5 Å². The second kappa shape index (κ2) is 14.6. The fourth-order valence-corrected chi connectivity index (χ4v) is 11.3. The van der Waals surface area contributed by atoms with Gasteiger partial charge in [-0.1, -0.05) is 164 Å². The first-order valence-corrected chi connectivity index (χ1v) is 23.4. The van der Waals surface area contributed by atoms with Crippen molar-refractivity contribution >= 4 is 97.7 Å². The zero-order chi connectivity index (χ0) is 45.2. The lowest BCUT2D eigenvalue weighted by Gasteiger charge is -2.14. The number of hydrogen-bond acceptors (Lipinski definition) is 3. The largest absolute Gasteiger partial charge is 0.309 e. The van der Waals surface area contributed by atoms with Gasteiger partial charge in [0.25, 0.3) is 0 Å². The Hall–Kier alpha value is -9.39. The van der Waals surface area contributed by atoms with Crippen molar-refractivity contribution in [2.75, 3.05) is 0 Å². The second-order valence-corrected chi connectivity index (χ2v) is 18.0. The molecule has 0 radical (unpaired) electrons. The van der Waals surface area contributed by atoms with E-state index in [-0.39, 0.29) is 0 Å². The van der Waals surface area contributed by atoms with Crippen molar-refractivity contribution in [3.63, 3.8) is 0 Å². The third-order valence-corrected chi connectivity index (χ3v) is 14.3. The summed E-state index contributed by atoms with van der Waals surface area (Å²) in [5, 5.41) is 14.5. The van der Waals surface area contributed by atoms with Crippen molar-refractivity contribution in [2.24, 2.45) is 0 Å². The van der Waals surface area contributed by atoms with Crippen LogP contribution in [0.2, 0.25) is 0 Å². The van der Waals surface area contributed by atoms with Gasteiger partial charge in [0.15, 0.2) is 11.6 Å². The second-order valence-electron chi connectivity index (χ2n) is 18.0. The maximum absolute atomic E-state index is 5.44. The zero-order valence-corrected chi connectivity index (χ0v) is 37.1. The molecule has 0 unspecified atom stereocenters. The third kappa shape index (κ3) is 5.51. The van der Waals surface area contributed by atoms with Crippen LogP contribution in [0.4, 0.5) is 0 Å². The molecule has 0 atom stereocenters. The Labute approximate surface area is 395 Å². The monoisotopic (exact) mass is 878 g/mol. The molecule has 4 heterocycles. The number of aromatic nitrogens is 6. The van der Waals surface area contributed by atoms with Crippen molar-refractivity contribution < 1.29 is 0 Å². The van der Waals surface area contributed by atoms with Gasteiger partial charge in [0.05, 0.1) is 33.1 Å². The predicted octanol–water partition coefficient (Wildman–Crippen LogP) is 16.0. The van der Waals surface area contributed by atoms with Gasteiger partial charge in [0.2, 0.25) is 5.95 Å². The quantitative estimate of drug-likeness (QED) is 0.162. The van der Waals surface area contributed by atoms with E-state index in [4.69, 9.17) is 15.0 Å². The van der Waals surface area contributed by atoms with E-state index in [9.17, 15) is 0 Å². The maximum atomic E-state index is 5.44. The summed E-state index contributed by atoms with van der Waals surface area (Å²) in [6.07, 6.45) is 0. The Morgan fingerprint density at radius 1 is 0.246 bits per heavy atom. The van der Waals surface area contributed by atoms with E-state index in [0.717, 1.165) is 71.8 Å². The highest BCUT2D eigenvalue weighted by atomic mass is 15.2. The minimum absolute atomic E-state index is 0.558. The zero-order valence-electron chi connectivity index (χ0n) is 37.1. The molecule has 15 aromatic rings. The van der Waals surface area contributed by atoms with Gasteiger partial charge in [-0.25, -0.2) is 4.98 Å². The van der Waals surface area contributed by atoms with Crippen molar-refractivity contribution in [2.45, 2.75) is 0 Å². The van der Waals surface area contributed by atoms with Crippen LogP contribution < -0.4 is 0 Å². The fraction of sp³-hybridized carbons (Fsp3) is 0. The van der Waals surface area contributed by atoms with Gasteiger partial charge in [0, 0.05) is 54.8 Å². The average Bonchev–Trinajstić information content (AvgIpc) is 4.07. The molecular formula is C63H38N6. The SMILES string of the molecule is c1ccc(-c2nc(-c3ccc4c(c3)c3ccccc3n4-c3ccccc3)nc(-n3c4ccccc4c4c3ccc3c5ccccc5n(-c5ccc6c7ccccc7c7ccccc7c6c5)c34)n2)cc1. The molecular weight excluding hydrogens is 841 g/mol. The van der Waals surface area contributed by atoms with Crippen LogP contribution >= 0.6 is 0 Å². The number of rotatable bonds is 5. The Kier molecular flexibility index (Phi) is 7.97. The predicted molar refractivity (Wildman–Crippen MR) is 286 cm³/mol. The summed E-state index contributed by atoms with van der Waals surface area (Å²) >= 11 is 0. The lowest BCUT2D eigenvalue weighted by Crippen LogP contribution is -2.06. The molecule has 4 aromatic heterocycles. The van der Waals surface area contributed by atoms with Gasteiger partial charge < -0.3 is 9.13 Å². The van der Waals surface area contributed by atoms with Crippen LogP contribution in [0.1, 0.15) is 0 Å². The van der Waals surface area contributed by atoms with Crippen LogP contribution in [0.3, 0.4) is 0 Å². The van der Waals surface area contributed by atoms with E-state index in [1.54, 1.807) is 0 Å². The van der Waals surface area contributed by atoms with Crippen LogP contribution in [0.15, 0.2) is 231 Å². The Morgan fingerprint density at radius 2 is 0.725 bits per heavy atom. The number of benzene rings is 11. The number of para-hydroxylation sites is 4. The third-order valence-electron chi connectivity index (χ3n) is 14.3. The topological polar surface area (TPSA) is 53.5 Å². The first kappa shape index (κ1) is 37.8. The molecule has 0 aliphatic heterocycles. The number of nitrogens with zero attached hydrogens (tertiary/aromatic N) is 6. The Bertz CT molecular complexity index is 4560. The molecule has 0 spiro atoms. The minimum Gasteiger partial charge on any atom is -0.309 e.